The van der Waals surface area contributed by atoms with E-state index in [2.05, 4.69) is 20.5 Å². The average Bonchev–Trinajstić information content (AvgIpc) is 2.32. The van der Waals surface area contributed by atoms with Crippen LogP contribution < -0.4 is 5.43 Å². The number of anilines is 1. The Morgan fingerprint density at radius 1 is 1.18 bits per heavy atom. The quantitative estimate of drug-likeness (QED) is 0.686. The SMILES string of the molecule is Clc1cccc(C=NNc2nccnc2Cl)c1. The van der Waals surface area contributed by atoms with Crippen LogP contribution in [0.5, 0.6) is 0 Å². The number of nitrogens with one attached hydrogen (secondary N) is 1. The zero-order valence-corrected chi connectivity index (χ0v) is 10.2. The lowest BCUT2D eigenvalue weighted by molar-refractivity contribution is 1.16. The summed E-state index contributed by atoms with van der Waals surface area (Å²) in [5.41, 5.74) is 3.58. The van der Waals surface area contributed by atoms with E-state index in [-0.39, 0.29) is 5.15 Å². The van der Waals surface area contributed by atoms with Crippen LogP contribution in [-0.4, -0.2) is 16.2 Å². The van der Waals surface area contributed by atoms with E-state index in [9.17, 15) is 0 Å². The van der Waals surface area contributed by atoms with Crippen molar-refractivity contribution in [3.8, 4) is 0 Å². The molecule has 0 bridgehead atoms. The highest BCUT2D eigenvalue weighted by Gasteiger charge is 1.98. The van der Waals surface area contributed by atoms with E-state index in [1.807, 2.05) is 12.1 Å². The summed E-state index contributed by atoms with van der Waals surface area (Å²) < 4.78 is 0. The van der Waals surface area contributed by atoms with Gasteiger partial charge in [-0.05, 0) is 17.7 Å². The summed E-state index contributed by atoms with van der Waals surface area (Å²) in [5, 5.41) is 4.93. The Hall–Kier alpha value is -1.65. The topological polar surface area (TPSA) is 50.2 Å². The molecule has 1 N–H and O–H groups in total. The Kier molecular flexibility index (Phi) is 3.90. The minimum atomic E-state index is 0.274. The lowest BCUT2D eigenvalue weighted by Crippen LogP contribution is -1.95. The highest BCUT2D eigenvalue weighted by molar-refractivity contribution is 6.31. The van der Waals surface area contributed by atoms with E-state index < -0.39 is 0 Å². The van der Waals surface area contributed by atoms with Crippen LogP contribution in [0.2, 0.25) is 10.2 Å². The standard InChI is InChI=1S/C11H8Cl2N4/c12-9-3-1-2-8(6-9)7-16-17-11-10(13)14-4-5-15-11/h1-7H,(H,15,17). The monoisotopic (exact) mass is 266 g/mol. The maximum Gasteiger partial charge on any atom is 0.184 e. The first kappa shape index (κ1) is 11.8. The summed E-state index contributed by atoms with van der Waals surface area (Å²) in [4.78, 5) is 7.85. The van der Waals surface area contributed by atoms with Gasteiger partial charge in [-0.1, -0.05) is 35.3 Å². The molecule has 1 aromatic heterocycles. The van der Waals surface area contributed by atoms with Gasteiger partial charge in [0, 0.05) is 17.4 Å². The van der Waals surface area contributed by atoms with E-state index in [0.29, 0.717) is 10.8 Å². The molecule has 2 aromatic rings. The predicted octanol–water partition coefficient (Wildman–Crippen LogP) is 3.23. The van der Waals surface area contributed by atoms with Crippen molar-refractivity contribution in [2.45, 2.75) is 0 Å². The Labute approximate surface area is 108 Å². The number of hydrazone groups is 1. The first-order valence-electron chi connectivity index (χ1n) is 4.77. The molecule has 0 fully saturated rings. The third kappa shape index (κ3) is 3.41. The zero-order chi connectivity index (χ0) is 12.1. The molecule has 1 heterocycles. The normalized spacial score (nSPS) is 10.7. The van der Waals surface area contributed by atoms with Gasteiger partial charge in [-0.15, -0.1) is 0 Å². The highest BCUT2D eigenvalue weighted by atomic mass is 35.5. The average molecular weight is 267 g/mol. The molecule has 1 aromatic carbocycles. The Bertz CT molecular complexity index is 542. The van der Waals surface area contributed by atoms with Gasteiger partial charge in [-0.2, -0.15) is 5.10 Å². The molecule has 0 amide bonds. The number of nitrogens with zero attached hydrogens (tertiary/aromatic N) is 3. The summed E-state index contributed by atoms with van der Waals surface area (Å²) in [6.45, 7) is 0. The van der Waals surface area contributed by atoms with Gasteiger partial charge in [0.05, 0.1) is 6.21 Å². The summed E-state index contributed by atoms with van der Waals surface area (Å²) in [5.74, 6) is 0.410. The molecule has 0 unspecified atom stereocenters. The summed E-state index contributed by atoms with van der Waals surface area (Å²) in [6, 6.07) is 7.32. The number of rotatable bonds is 3. The van der Waals surface area contributed by atoms with Crippen LogP contribution in [0.3, 0.4) is 0 Å². The van der Waals surface area contributed by atoms with Crippen molar-refractivity contribution >= 4 is 35.2 Å². The second-order valence-electron chi connectivity index (χ2n) is 3.12. The molecule has 0 saturated heterocycles. The minimum Gasteiger partial charge on any atom is -0.259 e. The van der Waals surface area contributed by atoms with Crippen molar-refractivity contribution in [2.24, 2.45) is 5.10 Å². The molecular formula is C11H8Cl2N4. The molecule has 4 nitrogen and oxygen atoms in total. The summed E-state index contributed by atoms with van der Waals surface area (Å²) in [7, 11) is 0. The van der Waals surface area contributed by atoms with E-state index in [4.69, 9.17) is 23.2 Å². The van der Waals surface area contributed by atoms with Crippen LogP contribution >= 0.6 is 23.2 Å². The molecule has 0 aliphatic heterocycles. The van der Waals surface area contributed by atoms with Gasteiger partial charge in [0.2, 0.25) is 0 Å². The minimum absolute atomic E-state index is 0.274. The van der Waals surface area contributed by atoms with Crippen molar-refractivity contribution in [1.82, 2.24) is 9.97 Å². The van der Waals surface area contributed by atoms with Gasteiger partial charge >= 0.3 is 0 Å². The first-order chi connectivity index (χ1) is 8.25. The number of benzene rings is 1. The molecule has 0 saturated carbocycles. The van der Waals surface area contributed by atoms with Gasteiger partial charge in [0.25, 0.3) is 0 Å². The lowest BCUT2D eigenvalue weighted by Gasteiger charge is -1.99. The highest BCUT2D eigenvalue weighted by Crippen LogP contribution is 2.14. The summed E-state index contributed by atoms with van der Waals surface area (Å²) >= 11 is 11.6. The summed E-state index contributed by atoms with van der Waals surface area (Å²) in [6.07, 6.45) is 4.66. The van der Waals surface area contributed by atoms with E-state index in [0.717, 1.165) is 5.56 Å². The van der Waals surface area contributed by atoms with Crippen molar-refractivity contribution in [1.29, 1.82) is 0 Å². The number of hydrogen-bond acceptors (Lipinski definition) is 4. The van der Waals surface area contributed by atoms with E-state index >= 15 is 0 Å². The molecule has 6 heteroatoms. The second-order valence-corrected chi connectivity index (χ2v) is 3.92. The molecule has 17 heavy (non-hydrogen) atoms. The number of halogens is 2. The molecule has 0 radical (unpaired) electrons. The largest absolute Gasteiger partial charge is 0.259 e. The predicted molar refractivity (Wildman–Crippen MR) is 69.7 cm³/mol. The van der Waals surface area contributed by atoms with E-state index in [1.54, 1.807) is 18.3 Å². The van der Waals surface area contributed by atoms with Gasteiger partial charge < -0.3 is 0 Å². The Morgan fingerprint density at radius 3 is 2.76 bits per heavy atom. The number of aromatic nitrogens is 2. The maximum absolute atomic E-state index is 5.84. The fourth-order valence-electron chi connectivity index (χ4n) is 1.15. The molecule has 0 atom stereocenters. The Morgan fingerprint density at radius 2 is 2.00 bits per heavy atom. The first-order valence-corrected chi connectivity index (χ1v) is 5.52. The van der Waals surface area contributed by atoms with Gasteiger partial charge in [0.1, 0.15) is 0 Å². The third-order valence-corrected chi connectivity index (χ3v) is 2.40. The fourth-order valence-corrected chi connectivity index (χ4v) is 1.50. The zero-order valence-electron chi connectivity index (χ0n) is 8.64. The van der Waals surface area contributed by atoms with Crippen molar-refractivity contribution in [2.75, 3.05) is 5.43 Å². The molecule has 0 spiro atoms. The van der Waals surface area contributed by atoms with Crippen LogP contribution in [0, 0.1) is 0 Å². The van der Waals surface area contributed by atoms with Crippen LogP contribution in [0.1, 0.15) is 5.56 Å². The van der Waals surface area contributed by atoms with Crippen LogP contribution in [0.25, 0.3) is 0 Å². The van der Waals surface area contributed by atoms with Crippen LogP contribution in [0.4, 0.5) is 5.82 Å². The van der Waals surface area contributed by atoms with Crippen LogP contribution in [-0.2, 0) is 0 Å². The third-order valence-electron chi connectivity index (χ3n) is 1.89. The molecule has 0 aliphatic carbocycles. The molecule has 2 rings (SSSR count). The smallest absolute Gasteiger partial charge is 0.184 e. The van der Waals surface area contributed by atoms with Crippen molar-refractivity contribution in [3.05, 3.63) is 52.4 Å². The second kappa shape index (κ2) is 5.61. The maximum atomic E-state index is 5.84. The van der Waals surface area contributed by atoms with Gasteiger partial charge in [-0.25, -0.2) is 9.97 Å². The Balaban J connectivity index is 2.06. The van der Waals surface area contributed by atoms with Gasteiger partial charge in [-0.3, -0.25) is 5.43 Å². The lowest BCUT2D eigenvalue weighted by atomic mass is 10.2. The molecular weight excluding hydrogens is 259 g/mol. The molecule has 0 aliphatic rings. The van der Waals surface area contributed by atoms with Crippen molar-refractivity contribution < 1.29 is 0 Å². The number of hydrogen-bond donors (Lipinski definition) is 1. The molecule has 86 valence electrons. The van der Waals surface area contributed by atoms with Crippen molar-refractivity contribution in [3.63, 3.8) is 0 Å². The van der Waals surface area contributed by atoms with E-state index in [1.165, 1.54) is 12.4 Å². The van der Waals surface area contributed by atoms with Gasteiger partial charge in [0.15, 0.2) is 11.0 Å². The van der Waals surface area contributed by atoms with Crippen LogP contribution in [0.15, 0.2) is 41.8 Å². The fraction of sp³-hybridized carbons (Fsp3) is 0.